The summed E-state index contributed by atoms with van der Waals surface area (Å²) in [6.07, 6.45) is 0. The molecule has 4 heteroatoms. The van der Waals surface area contributed by atoms with Gasteiger partial charge in [-0.1, -0.05) is 23.7 Å². The first-order valence-corrected chi connectivity index (χ1v) is 5.97. The number of halogens is 2. The average Bonchev–Trinajstić information content (AvgIpc) is 2.34. The van der Waals surface area contributed by atoms with Crippen LogP contribution < -0.4 is 10.5 Å². The van der Waals surface area contributed by atoms with E-state index in [9.17, 15) is 4.39 Å². The molecular formula is C14H13ClFNO. The number of ether oxygens (including phenoxy) is 1. The van der Waals surface area contributed by atoms with Crippen molar-refractivity contribution in [1.82, 2.24) is 0 Å². The van der Waals surface area contributed by atoms with E-state index in [0.29, 0.717) is 17.9 Å². The number of benzene rings is 2. The van der Waals surface area contributed by atoms with Gasteiger partial charge in [-0.15, -0.1) is 0 Å². The van der Waals surface area contributed by atoms with Crippen LogP contribution in [0.15, 0.2) is 36.4 Å². The van der Waals surface area contributed by atoms with Crippen molar-refractivity contribution in [3.05, 3.63) is 47.2 Å². The zero-order chi connectivity index (χ0) is 13.1. The summed E-state index contributed by atoms with van der Waals surface area (Å²) in [5.74, 6) is 0.306. The van der Waals surface area contributed by atoms with Crippen LogP contribution in [0, 0.1) is 5.82 Å². The van der Waals surface area contributed by atoms with E-state index in [1.165, 1.54) is 12.1 Å². The lowest BCUT2D eigenvalue weighted by molar-refractivity contribution is 0.340. The molecular weight excluding hydrogens is 253 g/mol. The molecule has 0 amide bonds. The minimum absolute atomic E-state index is 0.215. The van der Waals surface area contributed by atoms with Gasteiger partial charge >= 0.3 is 0 Å². The average molecular weight is 266 g/mol. The van der Waals surface area contributed by atoms with Gasteiger partial charge in [0.25, 0.3) is 0 Å². The molecule has 2 N–H and O–H groups in total. The lowest BCUT2D eigenvalue weighted by Gasteiger charge is -2.10. The zero-order valence-electron chi connectivity index (χ0n) is 9.91. The molecule has 2 aromatic carbocycles. The molecule has 94 valence electrons. The molecule has 2 nitrogen and oxygen atoms in total. The second kappa shape index (κ2) is 5.27. The molecule has 2 rings (SSSR count). The first-order valence-electron chi connectivity index (χ1n) is 5.59. The summed E-state index contributed by atoms with van der Waals surface area (Å²) in [6, 6.07) is 9.89. The third-order valence-corrected chi connectivity index (χ3v) is 2.86. The van der Waals surface area contributed by atoms with Crippen LogP contribution in [0.5, 0.6) is 5.75 Å². The van der Waals surface area contributed by atoms with E-state index < -0.39 is 5.82 Å². The number of nitrogen functional groups attached to an aromatic ring is 1. The molecule has 0 saturated heterocycles. The number of rotatable bonds is 3. The molecule has 0 atom stereocenters. The van der Waals surface area contributed by atoms with Gasteiger partial charge in [0.1, 0.15) is 11.6 Å². The first-order chi connectivity index (χ1) is 8.61. The van der Waals surface area contributed by atoms with E-state index in [4.69, 9.17) is 22.1 Å². The standard InChI is InChI=1S/C14H13ClFNO/c1-2-18-11-5-3-4-9(6-11)12-7-10(16)8-13(15)14(12)17/h3-8H,2,17H2,1H3. The molecule has 0 aliphatic carbocycles. The first kappa shape index (κ1) is 12.7. The van der Waals surface area contributed by atoms with Crippen molar-refractivity contribution in [3.8, 4) is 16.9 Å². The summed E-state index contributed by atoms with van der Waals surface area (Å²) in [6.45, 7) is 2.48. The maximum absolute atomic E-state index is 13.4. The Bertz CT molecular complexity index is 572. The summed E-state index contributed by atoms with van der Waals surface area (Å²) in [4.78, 5) is 0. The van der Waals surface area contributed by atoms with Crippen LogP contribution in [-0.2, 0) is 0 Å². The lowest BCUT2D eigenvalue weighted by Crippen LogP contribution is -1.95. The van der Waals surface area contributed by atoms with E-state index in [1.807, 2.05) is 31.2 Å². The monoisotopic (exact) mass is 265 g/mol. The van der Waals surface area contributed by atoms with Crippen LogP contribution in [0.4, 0.5) is 10.1 Å². The maximum Gasteiger partial charge on any atom is 0.125 e. The van der Waals surface area contributed by atoms with Gasteiger partial charge in [0.05, 0.1) is 17.3 Å². The topological polar surface area (TPSA) is 35.2 Å². The quantitative estimate of drug-likeness (QED) is 0.847. The van der Waals surface area contributed by atoms with Gasteiger partial charge in [-0.25, -0.2) is 4.39 Å². The molecule has 0 aliphatic rings. The molecule has 0 radical (unpaired) electrons. The molecule has 18 heavy (non-hydrogen) atoms. The Morgan fingerprint density at radius 1 is 1.28 bits per heavy atom. The minimum Gasteiger partial charge on any atom is -0.494 e. The Balaban J connectivity index is 2.51. The van der Waals surface area contributed by atoms with E-state index in [-0.39, 0.29) is 5.02 Å². The highest BCUT2D eigenvalue weighted by Gasteiger charge is 2.09. The summed E-state index contributed by atoms with van der Waals surface area (Å²) >= 11 is 5.87. The summed E-state index contributed by atoms with van der Waals surface area (Å²) < 4.78 is 18.8. The van der Waals surface area contributed by atoms with Gasteiger partial charge in [-0.3, -0.25) is 0 Å². The van der Waals surface area contributed by atoms with Gasteiger partial charge in [-0.05, 0) is 36.8 Å². The molecule has 0 heterocycles. The van der Waals surface area contributed by atoms with Gasteiger partial charge in [0.15, 0.2) is 0 Å². The highest BCUT2D eigenvalue weighted by molar-refractivity contribution is 6.33. The van der Waals surface area contributed by atoms with Crippen LogP contribution in [0.3, 0.4) is 0 Å². The lowest BCUT2D eigenvalue weighted by atomic mass is 10.0. The maximum atomic E-state index is 13.4. The number of hydrogen-bond acceptors (Lipinski definition) is 2. The van der Waals surface area contributed by atoms with Gasteiger partial charge in [-0.2, -0.15) is 0 Å². The molecule has 0 aromatic heterocycles. The SMILES string of the molecule is CCOc1cccc(-c2cc(F)cc(Cl)c2N)c1. The van der Waals surface area contributed by atoms with Crippen LogP contribution in [0.25, 0.3) is 11.1 Å². The Morgan fingerprint density at radius 3 is 2.78 bits per heavy atom. The highest BCUT2D eigenvalue weighted by Crippen LogP contribution is 2.34. The Kier molecular flexibility index (Phi) is 3.72. The largest absolute Gasteiger partial charge is 0.494 e. The Morgan fingerprint density at radius 2 is 2.06 bits per heavy atom. The molecule has 0 fully saturated rings. The van der Waals surface area contributed by atoms with E-state index in [1.54, 1.807) is 0 Å². The van der Waals surface area contributed by atoms with Crippen LogP contribution in [0.1, 0.15) is 6.92 Å². The molecule has 0 unspecified atom stereocenters. The second-order valence-electron chi connectivity index (χ2n) is 3.81. The Labute approximate surface area is 110 Å². The second-order valence-corrected chi connectivity index (χ2v) is 4.22. The van der Waals surface area contributed by atoms with Crippen molar-refractivity contribution in [3.63, 3.8) is 0 Å². The van der Waals surface area contributed by atoms with Gasteiger partial charge in [0.2, 0.25) is 0 Å². The van der Waals surface area contributed by atoms with Crippen molar-refractivity contribution < 1.29 is 9.13 Å². The highest BCUT2D eigenvalue weighted by atomic mass is 35.5. The molecule has 0 saturated carbocycles. The molecule has 0 aliphatic heterocycles. The fourth-order valence-corrected chi connectivity index (χ4v) is 1.95. The van der Waals surface area contributed by atoms with Crippen LogP contribution >= 0.6 is 11.6 Å². The van der Waals surface area contributed by atoms with Crippen molar-refractivity contribution in [1.29, 1.82) is 0 Å². The number of nitrogens with two attached hydrogens (primary N) is 1. The number of hydrogen-bond donors (Lipinski definition) is 1. The third kappa shape index (κ3) is 2.57. The summed E-state index contributed by atoms with van der Waals surface area (Å²) in [5, 5.41) is 0.215. The van der Waals surface area contributed by atoms with Gasteiger partial charge in [0, 0.05) is 5.56 Å². The molecule has 0 bridgehead atoms. The summed E-state index contributed by atoms with van der Waals surface area (Å²) in [5.41, 5.74) is 7.58. The van der Waals surface area contributed by atoms with E-state index >= 15 is 0 Å². The molecule has 0 spiro atoms. The normalized spacial score (nSPS) is 10.4. The predicted molar refractivity (Wildman–Crippen MR) is 72.4 cm³/mol. The minimum atomic E-state index is -0.411. The fourth-order valence-electron chi connectivity index (χ4n) is 1.74. The fraction of sp³-hybridized carbons (Fsp3) is 0.143. The molecule has 2 aromatic rings. The van der Waals surface area contributed by atoms with Crippen molar-refractivity contribution in [2.45, 2.75) is 6.92 Å². The van der Waals surface area contributed by atoms with E-state index in [0.717, 1.165) is 11.3 Å². The van der Waals surface area contributed by atoms with Crippen molar-refractivity contribution in [2.75, 3.05) is 12.3 Å². The predicted octanol–water partition coefficient (Wildman–Crippen LogP) is 4.13. The van der Waals surface area contributed by atoms with E-state index in [2.05, 4.69) is 0 Å². The zero-order valence-corrected chi connectivity index (χ0v) is 10.7. The summed E-state index contributed by atoms with van der Waals surface area (Å²) in [7, 11) is 0. The van der Waals surface area contributed by atoms with Gasteiger partial charge < -0.3 is 10.5 Å². The third-order valence-electron chi connectivity index (χ3n) is 2.55. The smallest absolute Gasteiger partial charge is 0.125 e. The van der Waals surface area contributed by atoms with Crippen LogP contribution in [-0.4, -0.2) is 6.61 Å². The Hall–Kier alpha value is -1.74. The van der Waals surface area contributed by atoms with Crippen LogP contribution in [0.2, 0.25) is 5.02 Å². The van der Waals surface area contributed by atoms with Crippen molar-refractivity contribution >= 4 is 17.3 Å². The van der Waals surface area contributed by atoms with Crippen molar-refractivity contribution in [2.24, 2.45) is 0 Å². The number of anilines is 1.